The molecule has 4 heteroatoms. The number of rotatable bonds is 3. The smallest absolute Gasteiger partial charge is 0.115 e. The lowest BCUT2D eigenvalue weighted by molar-refractivity contribution is 0.237. The average Bonchev–Trinajstić information content (AvgIpc) is 2.89. The molecule has 3 rings (SSSR count). The third kappa shape index (κ3) is 2.47. The van der Waals surface area contributed by atoms with Crippen LogP contribution < -0.4 is 5.32 Å². The van der Waals surface area contributed by atoms with Crippen LogP contribution in [0, 0.1) is 5.92 Å². The molecule has 0 bridgehead atoms. The molecule has 1 unspecified atom stereocenters. The van der Waals surface area contributed by atoms with E-state index >= 15 is 0 Å². The number of para-hydroxylation sites is 1. The molecule has 1 aromatic carbocycles. The molecule has 0 saturated carbocycles. The molecule has 1 aliphatic rings. The van der Waals surface area contributed by atoms with E-state index < -0.39 is 0 Å². The van der Waals surface area contributed by atoms with Crippen LogP contribution in [0.25, 0.3) is 11.0 Å². The summed E-state index contributed by atoms with van der Waals surface area (Å²) in [6.07, 6.45) is 2.52. The number of imidazole rings is 1. The standard InChI is InChI=1S/C17H24ClN3/c1-4-21-15-13(18)8-5-9-14(15)20-16(21)17(2,3)12-7-6-10-19-11-12/h5,8-9,12,19H,4,6-7,10-11H2,1-3H3. The molecule has 2 aromatic rings. The van der Waals surface area contributed by atoms with Crippen LogP contribution in [0.2, 0.25) is 5.02 Å². The fraction of sp³-hybridized carbons (Fsp3) is 0.588. The summed E-state index contributed by atoms with van der Waals surface area (Å²) in [7, 11) is 0. The SMILES string of the molecule is CCn1c(C(C)(C)C2CCCNC2)nc2cccc(Cl)c21. The molecule has 3 nitrogen and oxygen atoms in total. The quantitative estimate of drug-likeness (QED) is 0.929. The van der Waals surface area contributed by atoms with Crippen LogP contribution in [-0.2, 0) is 12.0 Å². The summed E-state index contributed by atoms with van der Waals surface area (Å²) in [6.45, 7) is 9.94. The van der Waals surface area contributed by atoms with Gasteiger partial charge in [0, 0.05) is 12.0 Å². The summed E-state index contributed by atoms with van der Waals surface area (Å²) in [6, 6.07) is 6.00. The number of benzene rings is 1. The van der Waals surface area contributed by atoms with Crippen LogP contribution in [-0.4, -0.2) is 22.6 Å². The Morgan fingerprint density at radius 2 is 2.24 bits per heavy atom. The number of fused-ring (bicyclic) bond motifs is 1. The minimum absolute atomic E-state index is 0.0474. The first-order chi connectivity index (χ1) is 10.1. The van der Waals surface area contributed by atoms with Crippen molar-refractivity contribution in [3.63, 3.8) is 0 Å². The van der Waals surface area contributed by atoms with Gasteiger partial charge in [-0.3, -0.25) is 0 Å². The van der Waals surface area contributed by atoms with Crippen molar-refractivity contribution >= 4 is 22.6 Å². The zero-order valence-corrected chi connectivity index (χ0v) is 13.9. The number of nitrogens with one attached hydrogen (secondary N) is 1. The highest BCUT2D eigenvalue weighted by atomic mass is 35.5. The van der Waals surface area contributed by atoms with Gasteiger partial charge in [0.15, 0.2) is 0 Å². The number of hydrogen-bond donors (Lipinski definition) is 1. The lowest BCUT2D eigenvalue weighted by Gasteiger charge is -2.37. The maximum Gasteiger partial charge on any atom is 0.115 e. The molecule has 1 atom stereocenters. The van der Waals surface area contributed by atoms with Crippen molar-refractivity contribution in [3.8, 4) is 0 Å². The number of aryl methyl sites for hydroxylation is 1. The third-order valence-electron chi connectivity index (χ3n) is 4.93. The van der Waals surface area contributed by atoms with E-state index in [4.69, 9.17) is 16.6 Å². The average molecular weight is 306 g/mol. The summed E-state index contributed by atoms with van der Waals surface area (Å²) in [5.41, 5.74) is 2.14. The van der Waals surface area contributed by atoms with Crippen molar-refractivity contribution < 1.29 is 0 Å². The zero-order valence-electron chi connectivity index (χ0n) is 13.1. The van der Waals surface area contributed by atoms with Gasteiger partial charge >= 0.3 is 0 Å². The largest absolute Gasteiger partial charge is 0.327 e. The summed E-state index contributed by atoms with van der Waals surface area (Å²) in [5, 5.41) is 4.33. The summed E-state index contributed by atoms with van der Waals surface area (Å²) < 4.78 is 2.30. The summed E-state index contributed by atoms with van der Waals surface area (Å²) in [5.74, 6) is 1.79. The number of aromatic nitrogens is 2. The van der Waals surface area contributed by atoms with E-state index in [-0.39, 0.29) is 5.41 Å². The fourth-order valence-electron chi connectivity index (χ4n) is 3.59. The molecule has 0 spiro atoms. The molecule has 1 aromatic heterocycles. The van der Waals surface area contributed by atoms with E-state index in [0.717, 1.165) is 35.7 Å². The first-order valence-electron chi connectivity index (χ1n) is 7.91. The molecular formula is C17H24ClN3. The Balaban J connectivity index is 2.12. The number of hydrogen-bond acceptors (Lipinski definition) is 2. The second kappa shape index (κ2) is 5.62. The van der Waals surface area contributed by atoms with E-state index in [1.54, 1.807) is 0 Å². The van der Waals surface area contributed by atoms with Gasteiger partial charge in [0.1, 0.15) is 5.82 Å². The zero-order chi connectivity index (χ0) is 15.0. The summed E-state index contributed by atoms with van der Waals surface area (Å²) in [4.78, 5) is 4.94. The number of halogens is 1. The maximum atomic E-state index is 6.42. The van der Waals surface area contributed by atoms with E-state index in [9.17, 15) is 0 Å². The normalized spacial score (nSPS) is 20.1. The first kappa shape index (κ1) is 14.9. The molecule has 0 aliphatic carbocycles. The van der Waals surface area contributed by atoms with Gasteiger partial charge in [0.2, 0.25) is 0 Å². The van der Waals surface area contributed by atoms with Crippen LogP contribution in [0.4, 0.5) is 0 Å². The topological polar surface area (TPSA) is 29.9 Å². The Labute approximate surface area is 131 Å². The lowest BCUT2D eigenvalue weighted by atomic mass is 9.74. The van der Waals surface area contributed by atoms with Crippen molar-refractivity contribution in [1.82, 2.24) is 14.9 Å². The second-order valence-corrected chi connectivity index (χ2v) is 6.96. The minimum Gasteiger partial charge on any atom is -0.327 e. The van der Waals surface area contributed by atoms with E-state index in [0.29, 0.717) is 5.92 Å². The molecule has 114 valence electrons. The highest BCUT2D eigenvalue weighted by Crippen LogP contribution is 2.37. The second-order valence-electron chi connectivity index (χ2n) is 6.55. The molecule has 1 N–H and O–H groups in total. The van der Waals surface area contributed by atoms with Gasteiger partial charge in [-0.1, -0.05) is 31.5 Å². The van der Waals surface area contributed by atoms with Gasteiger partial charge in [0.25, 0.3) is 0 Å². The van der Waals surface area contributed by atoms with Gasteiger partial charge in [-0.05, 0) is 50.9 Å². The predicted octanol–water partition coefficient (Wildman–Crippen LogP) is 3.99. The van der Waals surface area contributed by atoms with Gasteiger partial charge in [-0.15, -0.1) is 0 Å². The maximum absolute atomic E-state index is 6.42. The van der Waals surface area contributed by atoms with E-state index in [1.807, 2.05) is 12.1 Å². The third-order valence-corrected chi connectivity index (χ3v) is 5.23. The number of piperidine rings is 1. The highest BCUT2D eigenvalue weighted by Gasteiger charge is 2.36. The van der Waals surface area contributed by atoms with Gasteiger partial charge < -0.3 is 9.88 Å². The monoisotopic (exact) mass is 305 g/mol. The molecule has 1 aliphatic heterocycles. The Bertz CT molecular complexity index is 639. The van der Waals surface area contributed by atoms with Crippen LogP contribution in [0.15, 0.2) is 18.2 Å². The highest BCUT2D eigenvalue weighted by molar-refractivity contribution is 6.35. The summed E-state index contributed by atoms with van der Waals surface area (Å²) >= 11 is 6.42. The van der Waals surface area contributed by atoms with Gasteiger partial charge in [-0.25, -0.2) is 4.98 Å². The molecule has 2 heterocycles. The Morgan fingerprint density at radius 1 is 1.43 bits per heavy atom. The lowest BCUT2D eigenvalue weighted by Crippen LogP contribution is -2.42. The van der Waals surface area contributed by atoms with Gasteiger partial charge in [0.05, 0.1) is 16.1 Å². The molecule has 1 fully saturated rings. The Morgan fingerprint density at radius 3 is 2.90 bits per heavy atom. The number of nitrogens with zero attached hydrogens (tertiary/aromatic N) is 2. The molecule has 0 amide bonds. The Kier molecular flexibility index (Phi) is 3.98. The minimum atomic E-state index is 0.0474. The van der Waals surface area contributed by atoms with Gasteiger partial charge in [-0.2, -0.15) is 0 Å². The van der Waals surface area contributed by atoms with E-state index in [2.05, 4.69) is 36.7 Å². The Hall–Kier alpha value is -1.06. The van der Waals surface area contributed by atoms with Crippen LogP contribution in [0.1, 0.15) is 39.4 Å². The van der Waals surface area contributed by atoms with E-state index in [1.165, 1.54) is 18.7 Å². The molecular weight excluding hydrogens is 282 g/mol. The van der Waals surface area contributed by atoms with Crippen LogP contribution in [0.3, 0.4) is 0 Å². The molecule has 0 radical (unpaired) electrons. The van der Waals surface area contributed by atoms with Crippen molar-refractivity contribution in [2.45, 2.75) is 45.6 Å². The van der Waals surface area contributed by atoms with Crippen molar-refractivity contribution in [3.05, 3.63) is 29.0 Å². The van der Waals surface area contributed by atoms with Crippen molar-refractivity contribution in [2.24, 2.45) is 5.92 Å². The molecule has 21 heavy (non-hydrogen) atoms. The predicted molar refractivity (Wildman–Crippen MR) is 89.0 cm³/mol. The van der Waals surface area contributed by atoms with Crippen molar-refractivity contribution in [2.75, 3.05) is 13.1 Å². The first-order valence-corrected chi connectivity index (χ1v) is 8.29. The van der Waals surface area contributed by atoms with Crippen molar-refractivity contribution in [1.29, 1.82) is 0 Å². The fourth-order valence-corrected chi connectivity index (χ4v) is 3.86. The van der Waals surface area contributed by atoms with Crippen LogP contribution in [0.5, 0.6) is 0 Å². The van der Waals surface area contributed by atoms with Crippen LogP contribution >= 0.6 is 11.6 Å². The molecule has 1 saturated heterocycles.